The number of guanidine groups is 1. The number of nitrogens with one attached hydrogen (secondary N) is 2. The minimum absolute atomic E-state index is 0. The molecule has 0 aromatic heterocycles. The van der Waals surface area contributed by atoms with E-state index < -0.39 is 10.8 Å². The highest BCUT2D eigenvalue weighted by molar-refractivity contribution is 14.0. The summed E-state index contributed by atoms with van der Waals surface area (Å²) in [7, 11) is -0.698. The Morgan fingerprint density at radius 1 is 1.40 bits per heavy atom. The molecule has 5 nitrogen and oxygen atoms in total. The standard InChI is InChI=1S/C13H27N3O2S.HI/c1-3-14-13(15-8-9-17)16-11-6-5-7-12(10-11)19(18)4-2;/h11-12,17H,3-10H2,1-2H3,(H2,14,15,16);1H. The van der Waals surface area contributed by atoms with Gasteiger partial charge in [-0.1, -0.05) is 13.3 Å². The van der Waals surface area contributed by atoms with E-state index in [1.165, 1.54) is 0 Å². The van der Waals surface area contributed by atoms with Gasteiger partial charge in [-0.05, 0) is 26.2 Å². The SMILES string of the molecule is CCNC(=NCCO)NC1CCCC(S(=O)CC)C1.I. The Morgan fingerprint density at radius 3 is 2.75 bits per heavy atom. The van der Waals surface area contributed by atoms with Crippen LogP contribution in [-0.2, 0) is 10.8 Å². The Hall–Kier alpha value is 0.110. The summed E-state index contributed by atoms with van der Waals surface area (Å²) in [5.74, 6) is 1.50. The summed E-state index contributed by atoms with van der Waals surface area (Å²) in [5.41, 5.74) is 0. The summed E-state index contributed by atoms with van der Waals surface area (Å²) in [6.45, 7) is 5.27. The van der Waals surface area contributed by atoms with E-state index in [9.17, 15) is 4.21 Å². The quantitative estimate of drug-likeness (QED) is 0.345. The van der Waals surface area contributed by atoms with Gasteiger partial charge < -0.3 is 15.7 Å². The summed E-state index contributed by atoms with van der Waals surface area (Å²) in [6, 6.07) is 0.339. The molecule has 0 radical (unpaired) electrons. The normalized spacial score (nSPS) is 24.6. The van der Waals surface area contributed by atoms with Crippen LogP contribution in [0.4, 0.5) is 0 Å². The van der Waals surface area contributed by atoms with Crippen molar-refractivity contribution in [3.05, 3.63) is 0 Å². The van der Waals surface area contributed by atoms with Crippen molar-refractivity contribution >= 4 is 40.7 Å². The van der Waals surface area contributed by atoms with Crippen LogP contribution in [0.25, 0.3) is 0 Å². The van der Waals surface area contributed by atoms with Crippen molar-refractivity contribution in [3.8, 4) is 0 Å². The number of hydrogen-bond donors (Lipinski definition) is 3. The number of rotatable bonds is 6. The van der Waals surface area contributed by atoms with Gasteiger partial charge in [0.1, 0.15) is 0 Å². The van der Waals surface area contributed by atoms with Gasteiger partial charge in [-0.25, -0.2) is 0 Å². The van der Waals surface area contributed by atoms with Crippen molar-refractivity contribution in [1.29, 1.82) is 0 Å². The van der Waals surface area contributed by atoms with Crippen molar-refractivity contribution in [2.45, 2.75) is 50.8 Å². The monoisotopic (exact) mass is 417 g/mol. The first-order valence-corrected chi connectivity index (χ1v) is 8.62. The molecule has 1 saturated carbocycles. The Kier molecular flexibility index (Phi) is 11.8. The second kappa shape index (κ2) is 11.7. The van der Waals surface area contributed by atoms with Crippen LogP contribution in [-0.4, -0.2) is 52.0 Å². The first-order chi connectivity index (χ1) is 9.21. The lowest BCUT2D eigenvalue weighted by Gasteiger charge is -2.30. The predicted octanol–water partition coefficient (Wildman–Crippen LogP) is 1.23. The highest BCUT2D eigenvalue weighted by Crippen LogP contribution is 2.22. The molecule has 0 saturated heterocycles. The zero-order valence-corrected chi connectivity index (χ0v) is 15.6. The topological polar surface area (TPSA) is 73.7 Å². The lowest BCUT2D eigenvalue weighted by atomic mass is 9.95. The van der Waals surface area contributed by atoms with Gasteiger partial charge in [0.15, 0.2) is 5.96 Å². The second-order valence-electron chi connectivity index (χ2n) is 4.78. The van der Waals surface area contributed by atoms with Crippen LogP contribution in [0, 0.1) is 0 Å². The van der Waals surface area contributed by atoms with Gasteiger partial charge in [0.05, 0.1) is 13.2 Å². The first-order valence-electron chi connectivity index (χ1n) is 7.24. The van der Waals surface area contributed by atoms with E-state index in [1.54, 1.807) is 0 Å². The molecule has 0 aromatic carbocycles. The van der Waals surface area contributed by atoms with Crippen molar-refractivity contribution in [2.75, 3.05) is 25.4 Å². The number of aliphatic hydroxyl groups is 1. The highest BCUT2D eigenvalue weighted by atomic mass is 127. The molecular weight excluding hydrogens is 389 g/mol. The van der Waals surface area contributed by atoms with Crippen molar-refractivity contribution in [3.63, 3.8) is 0 Å². The maximum Gasteiger partial charge on any atom is 0.191 e. The Balaban J connectivity index is 0.00000361. The van der Waals surface area contributed by atoms with Gasteiger partial charge in [0, 0.05) is 34.4 Å². The molecule has 1 aliphatic carbocycles. The summed E-state index contributed by atoms with van der Waals surface area (Å²) >= 11 is 0. The zero-order valence-electron chi connectivity index (χ0n) is 12.4. The Labute approximate surface area is 141 Å². The number of aliphatic hydroxyl groups excluding tert-OH is 1. The number of hydrogen-bond acceptors (Lipinski definition) is 3. The molecule has 0 aromatic rings. The van der Waals surface area contributed by atoms with Gasteiger partial charge in [0.25, 0.3) is 0 Å². The molecular formula is C13H28IN3O2S. The molecule has 0 spiro atoms. The summed E-state index contributed by atoms with van der Waals surface area (Å²) in [5, 5.41) is 15.7. The fourth-order valence-electron chi connectivity index (χ4n) is 2.43. The van der Waals surface area contributed by atoms with Crippen LogP contribution >= 0.6 is 24.0 Å². The summed E-state index contributed by atoms with van der Waals surface area (Å²) in [6.07, 6.45) is 4.24. The molecule has 3 unspecified atom stereocenters. The van der Waals surface area contributed by atoms with E-state index in [1.807, 2.05) is 13.8 Å². The van der Waals surface area contributed by atoms with Crippen LogP contribution < -0.4 is 10.6 Å². The predicted molar refractivity (Wildman–Crippen MR) is 96.3 cm³/mol. The molecule has 0 bridgehead atoms. The molecule has 3 N–H and O–H groups in total. The van der Waals surface area contributed by atoms with Crippen LogP contribution in [0.3, 0.4) is 0 Å². The van der Waals surface area contributed by atoms with Crippen LogP contribution in [0.15, 0.2) is 4.99 Å². The van der Waals surface area contributed by atoms with Gasteiger partial charge in [-0.3, -0.25) is 9.20 Å². The van der Waals surface area contributed by atoms with Gasteiger partial charge in [-0.15, -0.1) is 24.0 Å². The van der Waals surface area contributed by atoms with Crippen molar-refractivity contribution < 1.29 is 9.32 Å². The molecule has 120 valence electrons. The van der Waals surface area contributed by atoms with Crippen molar-refractivity contribution in [2.24, 2.45) is 4.99 Å². The molecule has 0 heterocycles. The number of nitrogens with zero attached hydrogens (tertiary/aromatic N) is 1. The van der Waals surface area contributed by atoms with E-state index in [0.717, 1.165) is 43.9 Å². The molecule has 20 heavy (non-hydrogen) atoms. The molecule has 3 atom stereocenters. The lowest BCUT2D eigenvalue weighted by Crippen LogP contribution is -2.46. The largest absolute Gasteiger partial charge is 0.394 e. The average molecular weight is 417 g/mol. The molecule has 1 fully saturated rings. The van der Waals surface area contributed by atoms with Crippen molar-refractivity contribution in [1.82, 2.24) is 10.6 Å². The Bertz CT molecular complexity index is 316. The second-order valence-corrected chi connectivity index (χ2v) is 6.79. The van der Waals surface area contributed by atoms with Crippen LogP contribution in [0.5, 0.6) is 0 Å². The van der Waals surface area contributed by atoms with E-state index >= 15 is 0 Å². The number of aliphatic imine (C=N–C) groups is 1. The van der Waals surface area contributed by atoms with E-state index in [4.69, 9.17) is 5.11 Å². The van der Waals surface area contributed by atoms with E-state index in [0.29, 0.717) is 17.8 Å². The maximum absolute atomic E-state index is 11.9. The van der Waals surface area contributed by atoms with Crippen LogP contribution in [0.2, 0.25) is 0 Å². The lowest BCUT2D eigenvalue weighted by molar-refractivity contribution is 0.306. The van der Waals surface area contributed by atoms with Gasteiger partial charge in [-0.2, -0.15) is 0 Å². The summed E-state index contributed by atoms with van der Waals surface area (Å²) < 4.78 is 11.9. The van der Waals surface area contributed by atoms with Crippen LogP contribution in [0.1, 0.15) is 39.5 Å². The third kappa shape index (κ3) is 7.21. The minimum Gasteiger partial charge on any atom is -0.394 e. The molecule has 0 aliphatic heterocycles. The summed E-state index contributed by atoms with van der Waals surface area (Å²) in [4.78, 5) is 4.28. The minimum atomic E-state index is -0.698. The molecule has 1 aliphatic rings. The maximum atomic E-state index is 11.9. The average Bonchev–Trinajstić information content (AvgIpc) is 2.44. The fourth-order valence-corrected chi connectivity index (χ4v) is 3.77. The Morgan fingerprint density at radius 2 is 2.15 bits per heavy atom. The first kappa shape index (κ1) is 20.1. The zero-order chi connectivity index (χ0) is 14.1. The van der Waals surface area contributed by atoms with Gasteiger partial charge >= 0.3 is 0 Å². The van der Waals surface area contributed by atoms with E-state index in [2.05, 4.69) is 15.6 Å². The highest BCUT2D eigenvalue weighted by Gasteiger charge is 2.25. The smallest absolute Gasteiger partial charge is 0.191 e. The third-order valence-corrected chi connectivity index (χ3v) is 5.08. The number of halogens is 1. The molecule has 0 amide bonds. The third-order valence-electron chi connectivity index (χ3n) is 3.34. The van der Waals surface area contributed by atoms with E-state index in [-0.39, 0.29) is 30.6 Å². The van der Waals surface area contributed by atoms with Gasteiger partial charge in [0.2, 0.25) is 0 Å². The fraction of sp³-hybridized carbons (Fsp3) is 0.923. The molecule has 1 rings (SSSR count). The molecule has 7 heteroatoms.